The summed E-state index contributed by atoms with van der Waals surface area (Å²) in [5.41, 5.74) is 1.41. The van der Waals surface area contributed by atoms with Gasteiger partial charge in [-0.25, -0.2) is 0 Å². The van der Waals surface area contributed by atoms with E-state index in [1.54, 1.807) is 0 Å². The predicted octanol–water partition coefficient (Wildman–Crippen LogP) is 1.54. The molecular weight excluding hydrogens is 178 g/mol. The van der Waals surface area contributed by atoms with Gasteiger partial charge < -0.3 is 10.4 Å². The van der Waals surface area contributed by atoms with E-state index in [1.165, 1.54) is 5.56 Å². The van der Waals surface area contributed by atoms with Crippen molar-refractivity contribution in [1.29, 1.82) is 0 Å². The lowest BCUT2D eigenvalue weighted by molar-refractivity contribution is -0.122. The minimum Gasteiger partial charge on any atom is -0.483 e. The summed E-state index contributed by atoms with van der Waals surface area (Å²) < 4.78 is 0. The first-order chi connectivity index (χ1) is 6.85. The van der Waals surface area contributed by atoms with Crippen LogP contribution >= 0.6 is 0 Å². The molecule has 0 saturated carbocycles. The van der Waals surface area contributed by atoms with Gasteiger partial charge in [0.25, 0.3) is 6.47 Å². The summed E-state index contributed by atoms with van der Waals surface area (Å²) in [4.78, 5) is 8.36. The fourth-order valence-corrected chi connectivity index (χ4v) is 1.05. The normalized spacial score (nSPS) is 8.64. The maximum atomic E-state index is 8.36. The van der Waals surface area contributed by atoms with Gasteiger partial charge in [-0.3, -0.25) is 4.79 Å². The van der Waals surface area contributed by atoms with Crippen molar-refractivity contribution in [3.05, 3.63) is 35.9 Å². The highest BCUT2D eigenvalue weighted by Crippen LogP contribution is 1.97. The molecular formula is C11H17NO2. The second-order valence-electron chi connectivity index (χ2n) is 2.69. The molecule has 0 aliphatic rings. The van der Waals surface area contributed by atoms with Crippen LogP contribution < -0.4 is 5.32 Å². The largest absolute Gasteiger partial charge is 0.483 e. The fraction of sp³-hybridized carbons (Fsp3) is 0.364. The van der Waals surface area contributed by atoms with Gasteiger partial charge in [-0.2, -0.15) is 0 Å². The average Bonchev–Trinajstić information content (AvgIpc) is 2.21. The van der Waals surface area contributed by atoms with Crippen molar-refractivity contribution in [2.45, 2.75) is 13.3 Å². The van der Waals surface area contributed by atoms with Gasteiger partial charge in [0.2, 0.25) is 0 Å². The zero-order valence-electron chi connectivity index (χ0n) is 8.44. The van der Waals surface area contributed by atoms with E-state index in [9.17, 15) is 0 Å². The Hall–Kier alpha value is -1.35. The molecule has 3 nitrogen and oxygen atoms in total. The molecule has 78 valence electrons. The molecule has 0 aliphatic heterocycles. The van der Waals surface area contributed by atoms with E-state index < -0.39 is 0 Å². The highest BCUT2D eigenvalue weighted by molar-refractivity contribution is 5.32. The van der Waals surface area contributed by atoms with E-state index in [1.807, 2.05) is 0 Å². The molecule has 0 bridgehead atoms. The number of hydrogen-bond donors (Lipinski definition) is 2. The van der Waals surface area contributed by atoms with Crippen LogP contribution in [0.4, 0.5) is 0 Å². The van der Waals surface area contributed by atoms with Crippen LogP contribution in [0.5, 0.6) is 0 Å². The minimum atomic E-state index is -0.250. The van der Waals surface area contributed by atoms with Gasteiger partial charge in [0, 0.05) is 0 Å². The molecule has 0 spiro atoms. The van der Waals surface area contributed by atoms with E-state index in [2.05, 4.69) is 42.6 Å². The van der Waals surface area contributed by atoms with Crippen LogP contribution in [-0.4, -0.2) is 24.7 Å². The summed E-state index contributed by atoms with van der Waals surface area (Å²) in [5, 5.41) is 10.2. The lowest BCUT2D eigenvalue weighted by Gasteiger charge is -2.00. The molecule has 1 aromatic rings. The molecule has 2 N–H and O–H groups in total. The van der Waals surface area contributed by atoms with Crippen molar-refractivity contribution in [1.82, 2.24) is 5.32 Å². The molecule has 0 amide bonds. The summed E-state index contributed by atoms with van der Waals surface area (Å²) in [6, 6.07) is 10.5. The summed E-state index contributed by atoms with van der Waals surface area (Å²) in [6.45, 7) is 4.03. The molecule has 0 aliphatic carbocycles. The lowest BCUT2D eigenvalue weighted by atomic mass is 10.1. The molecule has 1 rings (SSSR count). The van der Waals surface area contributed by atoms with Gasteiger partial charge in [-0.05, 0) is 25.1 Å². The van der Waals surface area contributed by atoms with E-state index in [4.69, 9.17) is 9.90 Å². The summed E-state index contributed by atoms with van der Waals surface area (Å²) >= 11 is 0. The van der Waals surface area contributed by atoms with Gasteiger partial charge in [-0.1, -0.05) is 37.3 Å². The number of nitrogens with one attached hydrogen (secondary N) is 1. The molecule has 0 heterocycles. The Balaban J connectivity index is 0.000000500. The first-order valence-electron chi connectivity index (χ1n) is 4.67. The minimum absolute atomic E-state index is 0.250. The van der Waals surface area contributed by atoms with Crippen LogP contribution in [0.15, 0.2) is 30.3 Å². The van der Waals surface area contributed by atoms with Crippen LogP contribution in [0.25, 0.3) is 0 Å². The smallest absolute Gasteiger partial charge is 0.290 e. The Labute approximate surface area is 84.8 Å². The van der Waals surface area contributed by atoms with E-state index in [0.717, 1.165) is 19.5 Å². The first-order valence-corrected chi connectivity index (χ1v) is 4.67. The highest BCUT2D eigenvalue weighted by atomic mass is 16.3. The Morgan fingerprint density at radius 3 is 2.43 bits per heavy atom. The lowest BCUT2D eigenvalue weighted by Crippen LogP contribution is -2.15. The van der Waals surface area contributed by atoms with Crippen molar-refractivity contribution in [2.75, 3.05) is 13.1 Å². The zero-order chi connectivity index (χ0) is 10.6. The van der Waals surface area contributed by atoms with Gasteiger partial charge >= 0.3 is 0 Å². The van der Waals surface area contributed by atoms with Crippen molar-refractivity contribution < 1.29 is 9.90 Å². The van der Waals surface area contributed by atoms with Gasteiger partial charge in [0.15, 0.2) is 0 Å². The average molecular weight is 195 g/mol. The Morgan fingerprint density at radius 2 is 1.93 bits per heavy atom. The number of rotatable bonds is 4. The molecule has 14 heavy (non-hydrogen) atoms. The maximum Gasteiger partial charge on any atom is 0.290 e. The van der Waals surface area contributed by atoms with E-state index in [-0.39, 0.29) is 6.47 Å². The third-order valence-corrected chi connectivity index (χ3v) is 1.68. The molecule has 0 radical (unpaired) electrons. The number of hydrogen-bond acceptors (Lipinski definition) is 2. The Bertz CT molecular complexity index is 224. The maximum absolute atomic E-state index is 8.36. The summed E-state index contributed by atoms with van der Waals surface area (Å²) in [6.07, 6.45) is 1.13. The highest BCUT2D eigenvalue weighted by Gasteiger charge is 1.88. The molecule has 3 heteroatoms. The quantitative estimate of drug-likeness (QED) is 0.566. The van der Waals surface area contributed by atoms with Crippen molar-refractivity contribution >= 4 is 6.47 Å². The zero-order valence-corrected chi connectivity index (χ0v) is 8.44. The van der Waals surface area contributed by atoms with Crippen LogP contribution in [0.1, 0.15) is 12.5 Å². The van der Waals surface area contributed by atoms with E-state index in [0.29, 0.717) is 0 Å². The molecule has 0 fully saturated rings. The molecule has 1 aromatic carbocycles. The second-order valence-corrected chi connectivity index (χ2v) is 2.69. The number of carbonyl (C=O) groups is 1. The Morgan fingerprint density at radius 1 is 1.36 bits per heavy atom. The number of benzene rings is 1. The van der Waals surface area contributed by atoms with Gasteiger partial charge in [0.1, 0.15) is 0 Å². The van der Waals surface area contributed by atoms with Gasteiger partial charge in [0.05, 0.1) is 0 Å². The molecule has 0 aromatic heterocycles. The van der Waals surface area contributed by atoms with Crippen LogP contribution in [0, 0.1) is 0 Å². The third-order valence-electron chi connectivity index (χ3n) is 1.68. The van der Waals surface area contributed by atoms with Crippen LogP contribution in [-0.2, 0) is 11.2 Å². The predicted molar refractivity (Wildman–Crippen MR) is 57.4 cm³/mol. The standard InChI is InChI=1S/C10H15N.CH2O2/c1-2-11-9-8-10-6-4-3-5-7-10;2-1-3/h3-7,11H,2,8-9H2,1H3;1H,(H,2,3). The third kappa shape index (κ3) is 7.31. The molecule has 0 unspecified atom stereocenters. The molecule has 0 saturated heterocycles. The second kappa shape index (κ2) is 9.74. The van der Waals surface area contributed by atoms with E-state index >= 15 is 0 Å². The summed E-state index contributed by atoms with van der Waals surface area (Å²) in [5.74, 6) is 0. The van der Waals surface area contributed by atoms with Crippen LogP contribution in [0.2, 0.25) is 0 Å². The molecule has 0 atom stereocenters. The SMILES string of the molecule is CCNCCc1ccccc1.O=CO. The first kappa shape index (κ1) is 12.7. The topological polar surface area (TPSA) is 49.3 Å². The number of likely N-dealkylation sites (N-methyl/N-ethyl adjacent to an activating group) is 1. The van der Waals surface area contributed by atoms with Crippen LogP contribution in [0.3, 0.4) is 0 Å². The monoisotopic (exact) mass is 195 g/mol. The fourth-order valence-electron chi connectivity index (χ4n) is 1.05. The Kier molecular flexibility index (Phi) is 8.80. The van der Waals surface area contributed by atoms with Crippen molar-refractivity contribution in [3.8, 4) is 0 Å². The summed E-state index contributed by atoms with van der Waals surface area (Å²) in [7, 11) is 0. The van der Waals surface area contributed by atoms with Gasteiger partial charge in [-0.15, -0.1) is 0 Å². The number of carboxylic acid groups (broad SMARTS) is 1. The van der Waals surface area contributed by atoms with Crippen molar-refractivity contribution in [3.63, 3.8) is 0 Å². The van der Waals surface area contributed by atoms with Crippen molar-refractivity contribution in [2.24, 2.45) is 0 Å².